The summed E-state index contributed by atoms with van der Waals surface area (Å²) in [6.45, 7) is 2.60. The van der Waals surface area contributed by atoms with Crippen LogP contribution in [0.3, 0.4) is 0 Å². The van der Waals surface area contributed by atoms with Gasteiger partial charge in [0.05, 0.1) is 10.5 Å². The molecule has 5 nitrogen and oxygen atoms in total. The number of ether oxygens (including phenoxy) is 1. The minimum Gasteiger partial charge on any atom is -0.382 e. The first kappa shape index (κ1) is 15.3. The molecule has 1 heterocycles. The van der Waals surface area contributed by atoms with Crippen molar-refractivity contribution in [2.45, 2.75) is 63.5 Å². The van der Waals surface area contributed by atoms with Crippen LogP contribution in [0, 0.1) is 17.0 Å². The number of rotatable bonds is 3. The molecular weight excluding hydrogens is 280 g/mol. The molecule has 5 heteroatoms. The average molecular weight is 304 g/mol. The Morgan fingerprint density at radius 2 is 2.09 bits per heavy atom. The predicted molar refractivity (Wildman–Crippen MR) is 86.2 cm³/mol. The van der Waals surface area contributed by atoms with Crippen LogP contribution in [0.4, 0.5) is 11.4 Å². The van der Waals surface area contributed by atoms with Crippen molar-refractivity contribution in [3.63, 3.8) is 0 Å². The van der Waals surface area contributed by atoms with Crippen molar-refractivity contribution in [1.82, 2.24) is 0 Å². The van der Waals surface area contributed by atoms with Gasteiger partial charge in [0.25, 0.3) is 5.69 Å². The number of hydrogen-bond donors (Lipinski definition) is 1. The molecule has 1 saturated carbocycles. The molecule has 0 amide bonds. The van der Waals surface area contributed by atoms with E-state index in [1.807, 2.05) is 12.1 Å². The van der Waals surface area contributed by atoms with Crippen molar-refractivity contribution in [2.24, 2.45) is 0 Å². The molecule has 3 rings (SSSR count). The summed E-state index contributed by atoms with van der Waals surface area (Å²) in [7, 11) is 0. The molecule has 2 aliphatic rings. The maximum absolute atomic E-state index is 10.9. The van der Waals surface area contributed by atoms with Crippen molar-refractivity contribution >= 4 is 11.4 Å². The Morgan fingerprint density at radius 3 is 2.77 bits per heavy atom. The highest BCUT2D eigenvalue weighted by Gasteiger charge is 2.38. The van der Waals surface area contributed by atoms with Gasteiger partial charge < -0.3 is 10.1 Å². The molecule has 1 atom stereocenters. The van der Waals surface area contributed by atoms with Crippen molar-refractivity contribution in [2.75, 3.05) is 11.9 Å². The fraction of sp³-hybridized carbons (Fsp3) is 0.647. The molecule has 1 aliphatic carbocycles. The SMILES string of the molecule is Cc1cc(NC2CCOC3(CCCCC3)C2)ccc1[N+](=O)[O-]. The lowest BCUT2D eigenvalue weighted by Crippen LogP contribution is -2.45. The summed E-state index contributed by atoms with van der Waals surface area (Å²) in [6, 6.07) is 5.68. The molecule has 1 aliphatic heterocycles. The van der Waals surface area contributed by atoms with Gasteiger partial charge in [0.2, 0.25) is 0 Å². The molecular formula is C17H24N2O3. The fourth-order valence-corrected chi connectivity index (χ4v) is 3.88. The van der Waals surface area contributed by atoms with E-state index < -0.39 is 0 Å². The summed E-state index contributed by atoms with van der Waals surface area (Å²) >= 11 is 0. The summed E-state index contributed by atoms with van der Waals surface area (Å²) in [5.41, 5.74) is 1.93. The van der Waals surface area contributed by atoms with Crippen LogP contribution in [-0.2, 0) is 4.74 Å². The molecule has 2 fully saturated rings. The van der Waals surface area contributed by atoms with E-state index in [1.165, 1.54) is 32.1 Å². The Morgan fingerprint density at radius 1 is 1.32 bits per heavy atom. The molecule has 1 spiro atoms. The Balaban J connectivity index is 1.67. The van der Waals surface area contributed by atoms with Crippen LogP contribution in [0.2, 0.25) is 0 Å². The van der Waals surface area contributed by atoms with Gasteiger partial charge in [0, 0.05) is 30.0 Å². The van der Waals surface area contributed by atoms with Gasteiger partial charge in [-0.2, -0.15) is 0 Å². The van der Waals surface area contributed by atoms with Crippen molar-refractivity contribution in [3.8, 4) is 0 Å². The molecule has 1 N–H and O–H groups in total. The molecule has 22 heavy (non-hydrogen) atoms. The number of nitro benzene ring substituents is 1. The standard InChI is InChI=1S/C17H24N2O3/c1-13-11-14(5-6-16(13)19(20)21)18-15-7-10-22-17(12-15)8-3-2-4-9-17/h5-6,11,15,18H,2-4,7-10,12H2,1H3. The molecule has 120 valence electrons. The second kappa shape index (κ2) is 6.24. The monoisotopic (exact) mass is 304 g/mol. The molecule has 0 radical (unpaired) electrons. The summed E-state index contributed by atoms with van der Waals surface area (Å²) in [4.78, 5) is 10.6. The first-order chi connectivity index (χ1) is 10.6. The lowest BCUT2D eigenvalue weighted by atomic mass is 9.78. The van der Waals surface area contributed by atoms with E-state index in [-0.39, 0.29) is 16.2 Å². The largest absolute Gasteiger partial charge is 0.382 e. The van der Waals surface area contributed by atoms with Gasteiger partial charge in [-0.15, -0.1) is 0 Å². The van der Waals surface area contributed by atoms with Gasteiger partial charge in [-0.1, -0.05) is 19.3 Å². The van der Waals surface area contributed by atoms with Gasteiger partial charge in [0.1, 0.15) is 0 Å². The highest BCUT2D eigenvalue weighted by molar-refractivity contribution is 5.54. The van der Waals surface area contributed by atoms with E-state index in [1.54, 1.807) is 13.0 Å². The third-order valence-corrected chi connectivity index (χ3v) is 5.02. The zero-order chi connectivity index (χ0) is 15.6. The Labute approximate surface area is 131 Å². The lowest BCUT2D eigenvalue weighted by molar-refractivity contribution is -0.385. The number of hydrogen-bond acceptors (Lipinski definition) is 4. The number of nitro groups is 1. The van der Waals surface area contributed by atoms with Crippen LogP contribution in [-0.4, -0.2) is 23.2 Å². The Kier molecular flexibility index (Phi) is 4.34. The molecule has 1 saturated heterocycles. The van der Waals surface area contributed by atoms with Crippen LogP contribution in [0.1, 0.15) is 50.5 Å². The number of aryl methyl sites for hydroxylation is 1. The summed E-state index contributed by atoms with van der Waals surface area (Å²) < 4.78 is 6.12. The lowest BCUT2D eigenvalue weighted by Gasteiger charge is -2.44. The van der Waals surface area contributed by atoms with Crippen LogP contribution in [0.5, 0.6) is 0 Å². The third kappa shape index (κ3) is 3.24. The average Bonchev–Trinajstić information content (AvgIpc) is 2.48. The third-order valence-electron chi connectivity index (χ3n) is 5.02. The van der Waals surface area contributed by atoms with E-state index >= 15 is 0 Å². The Hall–Kier alpha value is -1.62. The number of nitrogens with zero attached hydrogens (tertiary/aromatic N) is 1. The van der Waals surface area contributed by atoms with E-state index in [2.05, 4.69) is 5.32 Å². The predicted octanol–water partition coefficient (Wildman–Crippen LogP) is 4.20. The number of nitrogens with one attached hydrogen (secondary N) is 1. The fourth-order valence-electron chi connectivity index (χ4n) is 3.88. The van der Waals surface area contributed by atoms with Gasteiger partial charge in [-0.25, -0.2) is 0 Å². The van der Waals surface area contributed by atoms with Crippen molar-refractivity contribution in [1.29, 1.82) is 0 Å². The van der Waals surface area contributed by atoms with Crippen LogP contribution < -0.4 is 5.32 Å². The first-order valence-electron chi connectivity index (χ1n) is 8.24. The van der Waals surface area contributed by atoms with Gasteiger partial charge in [-0.05, 0) is 44.7 Å². The summed E-state index contributed by atoms with van der Waals surface area (Å²) in [5, 5.41) is 14.5. The quantitative estimate of drug-likeness (QED) is 0.671. The maximum atomic E-state index is 10.9. The summed E-state index contributed by atoms with van der Waals surface area (Å²) in [5.74, 6) is 0. The van der Waals surface area contributed by atoms with E-state index in [9.17, 15) is 10.1 Å². The van der Waals surface area contributed by atoms with Gasteiger partial charge >= 0.3 is 0 Å². The topological polar surface area (TPSA) is 64.4 Å². The van der Waals surface area contributed by atoms with Gasteiger partial charge in [0.15, 0.2) is 0 Å². The van der Waals surface area contributed by atoms with Crippen LogP contribution >= 0.6 is 0 Å². The highest BCUT2D eigenvalue weighted by atomic mass is 16.6. The minimum atomic E-state index is -0.329. The number of anilines is 1. The second-order valence-corrected chi connectivity index (χ2v) is 6.68. The van der Waals surface area contributed by atoms with Crippen LogP contribution in [0.15, 0.2) is 18.2 Å². The van der Waals surface area contributed by atoms with Crippen LogP contribution in [0.25, 0.3) is 0 Å². The van der Waals surface area contributed by atoms with Crippen molar-refractivity contribution in [3.05, 3.63) is 33.9 Å². The smallest absolute Gasteiger partial charge is 0.272 e. The second-order valence-electron chi connectivity index (χ2n) is 6.68. The molecule has 1 aromatic rings. The molecule has 1 unspecified atom stereocenters. The van der Waals surface area contributed by atoms with E-state index in [0.717, 1.165) is 25.1 Å². The molecule has 0 aromatic heterocycles. The summed E-state index contributed by atoms with van der Waals surface area (Å²) in [6.07, 6.45) is 8.24. The molecule has 0 bridgehead atoms. The number of benzene rings is 1. The van der Waals surface area contributed by atoms with E-state index in [4.69, 9.17) is 4.74 Å². The zero-order valence-electron chi connectivity index (χ0n) is 13.1. The van der Waals surface area contributed by atoms with Gasteiger partial charge in [-0.3, -0.25) is 10.1 Å². The maximum Gasteiger partial charge on any atom is 0.272 e. The zero-order valence-corrected chi connectivity index (χ0v) is 13.1. The highest BCUT2D eigenvalue weighted by Crippen LogP contribution is 2.39. The Bertz CT molecular complexity index is 547. The van der Waals surface area contributed by atoms with Crippen molar-refractivity contribution < 1.29 is 9.66 Å². The van der Waals surface area contributed by atoms with E-state index in [0.29, 0.717) is 11.6 Å². The molecule has 1 aromatic carbocycles. The first-order valence-corrected chi connectivity index (χ1v) is 8.24. The normalized spacial score (nSPS) is 24.1. The minimum absolute atomic E-state index is 0.0734.